The van der Waals surface area contributed by atoms with E-state index >= 15 is 0 Å². The van der Waals surface area contributed by atoms with Crippen LogP contribution in [0.4, 0.5) is 18.9 Å². The number of nitrogens with one attached hydrogen (secondary N) is 2. The molecule has 10 heteroatoms. The molecule has 0 aliphatic rings. The lowest BCUT2D eigenvalue weighted by molar-refractivity contribution is -0.121. The Labute approximate surface area is 125 Å². The molecule has 4 N–H and O–H groups in total. The molecule has 0 atom stereocenters. The summed E-state index contributed by atoms with van der Waals surface area (Å²) in [7, 11) is -4.27. The molecule has 124 valence electrons. The molecular weight excluding hydrogens is 323 g/mol. The van der Waals surface area contributed by atoms with Gasteiger partial charge in [-0.2, -0.15) is 13.2 Å². The average Bonchev–Trinajstić information content (AvgIpc) is 2.35. The molecule has 0 fully saturated rings. The van der Waals surface area contributed by atoms with Gasteiger partial charge >= 0.3 is 6.18 Å². The van der Waals surface area contributed by atoms with Gasteiger partial charge in [0, 0.05) is 5.69 Å². The number of sulfonamides is 1. The van der Waals surface area contributed by atoms with E-state index in [1.54, 1.807) is 0 Å². The van der Waals surface area contributed by atoms with Crippen molar-refractivity contribution in [2.75, 3.05) is 11.9 Å². The average molecular weight is 339 g/mol. The summed E-state index contributed by atoms with van der Waals surface area (Å²) in [5.41, 5.74) is 4.73. The maximum atomic E-state index is 12.0. The molecule has 1 amide bonds. The number of carbonyl (C=O) groups excluding carboxylic acids is 1. The smallest absolute Gasteiger partial charge is 0.325 e. The van der Waals surface area contributed by atoms with Crippen LogP contribution in [0.25, 0.3) is 0 Å². The van der Waals surface area contributed by atoms with Crippen LogP contribution in [-0.2, 0) is 14.8 Å². The highest BCUT2D eigenvalue weighted by Gasteiger charge is 2.30. The predicted octanol–water partition coefficient (Wildman–Crippen LogP) is 1.20. The van der Waals surface area contributed by atoms with Crippen molar-refractivity contribution in [3.63, 3.8) is 0 Å². The molecule has 1 aromatic carbocycles. The van der Waals surface area contributed by atoms with Gasteiger partial charge in [0.15, 0.2) is 0 Å². The third-order valence-electron chi connectivity index (χ3n) is 2.47. The van der Waals surface area contributed by atoms with Crippen LogP contribution in [0.1, 0.15) is 13.8 Å². The van der Waals surface area contributed by atoms with Gasteiger partial charge in [-0.15, -0.1) is 0 Å². The van der Waals surface area contributed by atoms with Crippen molar-refractivity contribution in [1.29, 1.82) is 0 Å². The molecule has 0 aliphatic heterocycles. The lowest BCUT2D eigenvalue weighted by Crippen LogP contribution is -2.45. The largest absolute Gasteiger partial charge is 0.402 e. The molecule has 0 bridgehead atoms. The third-order valence-corrected chi connectivity index (χ3v) is 3.89. The number of amides is 1. The Morgan fingerprint density at radius 2 is 1.68 bits per heavy atom. The van der Waals surface area contributed by atoms with Crippen LogP contribution >= 0.6 is 0 Å². The zero-order chi connectivity index (χ0) is 17.2. The summed E-state index contributed by atoms with van der Waals surface area (Å²) in [6.45, 7) is 1.32. The van der Waals surface area contributed by atoms with Gasteiger partial charge in [-0.05, 0) is 38.1 Å². The normalized spacial score (nSPS) is 13.0. The lowest BCUT2D eigenvalue weighted by atomic mass is 10.1. The van der Waals surface area contributed by atoms with E-state index in [0.717, 1.165) is 12.1 Å². The van der Waals surface area contributed by atoms with Crippen LogP contribution in [0.2, 0.25) is 0 Å². The van der Waals surface area contributed by atoms with Gasteiger partial charge in [0.25, 0.3) is 0 Å². The summed E-state index contributed by atoms with van der Waals surface area (Å²) < 4.78 is 60.9. The second-order valence-corrected chi connectivity index (χ2v) is 6.91. The lowest BCUT2D eigenvalue weighted by Gasteiger charge is -2.17. The fourth-order valence-corrected chi connectivity index (χ4v) is 2.28. The quantitative estimate of drug-likeness (QED) is 0.750. The molecule has 0 aliphatic carbocycles. The minimum atomic E-state index is -4.65. The number of benzene rings is 1. The molecule has 22 heavy (non-hydrogen) atoms. The molecule has 0 unspecified atom stereocenters. The molecule has 0 saturated carbocycles. The highest BCUT2D eigenvalue weighted by atomic mass is 32.2. The number of halogens is 3. The van der Waals surface area contributed by atoms with Gasteiger partial charge in [-0.1, -0.05) is 0 Å². The van der Waals surface area contributed by atoms with Crippen molar-refractivity contribution >= 4 is 21.6 Å². The van der Waals surface area contributed by atoms with Crippen molar-refractivity contribution < 1.29 is 26.4 Å². The highest BCUT2D eigenvalue weighted by molar-refractivity contribution is 7.89. The first-order valence-electron chi connectivity index (χ1n) is 6.08. The minimum Gasteiger partial charge on any atom is -0.325 e. The zero-order valence-electron chi connectivity index (χ0n) is 11.9. The first-order chi connectivity index (χ1) is 9.81. The van der Waals surface area contributed by atoms with Gasteiger partial charge in [0.1, 0.15) is 6.54 Å². The number of hydrogen-bond acceptors (Lipinski definition) is 4. The van der Waals surface area contributed by atoms with E-state index in [4.69, 9.17) is 5.73 Å². The van der Waals surface area contributed by atoms with Crippen LogP contribution in [-0.4, -0.2) is 32.6 Å². The minimum absolute atomic E-state index is 0.276. The molecule has 0 spiro atoms. The van der Waals surface area contributed by atoms with Crippen LogP contribution in [0.5, 0.6) is 0 Å². The van der Waals surface area contributed by atoms with Crippen molar-refractivity contribution in [2.24, 2.45) is 5.73 Å². The number of hydrogen-bond donors (Lipinski definition) is 3. The summed E-state index contributed by atoms with van der Waals surface area (Å²) in [6, 6.07) is 4.67. The van der Waals surface area contributed by atoms with E-state index < -0.39 is 34.2 Å². The van der Waals surface area contributed by atoms with E-state index in [9.17, 15) is 26.4 Å². The summed E-state index contributed by atoms with van der Waals surface area (Å²) >= 11 is 0. The molecule has 0 aromatic heterocycles. The van der Waals surface area contributed by atoms with Gasteiger partial charge in [-0.3, -0.25) is 4.79 Å². The van der Waals surface area contributed by atoms with Crippen LogP contribution in [0.3, 0.4) is 0 Å². The van der Waals surface area contributed by atoms with Crippen molar-refractivity contribution in [3.05, 3.63) is 24.3 Å². The molecule has 0 saturated heterocycles. The first kappa shape index (κ1) is 18.4. The number of alkyl halides is 3. The van der Waals surface area contributed by atoms with Gasteiger partial charge in [0.2, 0.25) is 15.9 Å². The fourth-order valence-electron chi connectivity index (χ4n) is 1.27. The molecule has 0 radical (unpaired) electrons. The molecule has 0 heterocycles. The number of rotatable bonds is 5. The molecule has 6 nitrogen and oxygen atoms in total. The first-order valence-corrected chi connectivity index (χ1v) is 7.56. The number of nitrogens with two attached hydrogens (primary N) is 1. The fraction of sp³-hybridized carbons (Fsp3) is 0.417. The second-order valence-electron chi connectivity index (χ2n) is 5.14. The molecule has 1 rings (SSSR count). The van der Waals surface area contributed by atoms with Gasteiger partial charge in [-0.25, -0.2) is 13.1 Å². The summed E-state index contributed by atoms with van der Waals surface area (Å²) in [6.07, 6.45) is -4.65. The molecular formula is C12H16F3N3O3S. The monoisotopic (exact) mass is 339 g/mol. The standard InChI is InChI=1S/C12H16F3N3O3S/c1-11(2,16)10(19)18-8-3-5-9(6-4-8)22(20,21)17-7-12(13,14)15/h3-6,17H,7,16H2,1-2H3,(H,18,19). The van der Waals surface area contributed by atoms with Crippen molar-refractivity contribution in [2.45, 2.75) is 30.5 Å². The Kier molecular flexibility index (Phi) is 5.21. The van der Waals surface area contributed by atoms with E-state index in [1.807, 2.05) is 0 Å². The predicted molar refractivity (Wildman–Crippen MR) is 74.6 cm³/mol. The van der Waals surface area contributed by atoms with E-state index in [2.05, 4.69) is 5.32 Å². The van der Waals surface area contributed by atoms with Crippen LogP contribution in [0, 0.1) is 0 Å². The third kappa shape index (κ3) is 5.62. The topological polar surface area (TPSA) is 101 Å². The molecule has 1 aromatic rings. The Hall–Kier alpha value is -1.65. The van der Waals surface area contributed by atoms with Crippen LogP contribution < -0.4 is 15.8 Å². The van der Waals surface area contributed by atoms with Gasteiger partial charge < -0.3 is 11.1 Å². The van der Waals surface area contributed by atoms with E-state index in [-0.39, 0.29) is 10.6 Å². The van der Waals surface area contributed by atoms with Crippen molar-refractivity contribution in [3.8, 4) is 0 Å². The SMILES string of the molecule is CC(C)(N)C(=O)Nc1ccc(S(=O)(=O)NCC(F)(F)F)cc1. The Bertz CT molecular complexity index is 634. The summed E-state index contributed by atoms with van der Waals surface area (Å²) in [5, 5.41) is 2.46. The summed E-state index contributed by atoms with van der Waals surface area (Å²) in [4.78, 5) is 11.3. The maximum Gasteiger partial charge on any atom is 0.402 e. The Morgan fingerprint density at radius 1 is 1.18 bits per heavy atom. The number of anilines is 1. The van der Waals surface area contributed by atoms with Crippen LogP contribution in [0.15, 0.2) is 29.2 Å². The van der Waals surface area contributed by atoms with Gasteiger partial charge in [0.05, 0.1) is 10.4 Å². The number of carbonyl (C=O) groups is 1. The van der Waals surface area contributed by atoms with Crippen molar-refractivity contribution in [1.82, 2.24) is 4.72 Å². The highest BCUT2D eigenvalue weighted by Crippen LogP contribution is 2.17. The zero-order valence-corrected chi connectivity index (χ0v) is 12.7. The summed E-state index contributed by atoms with van der Waals surface area (Å²) in [5.74, 6) is -0.488. The Balaban J connectivity index is 2.82. The van der Waals surface area contributed by atoms with E-state index in [1.165, 1.54) is 30.7 Å². The maximum absolute atomic E-state index is 12.0. The van der Waals surface area contributed by atoms with E-state index in [0.29, 0.717) is 0 Å². The second kappa shape index (κ2) is 6.23. The Morgan fingerprint density at radius 3 is 2.09 bits per heavy atom.